The second-order valence-corrected chi connectivity index (χ2v) is 5.74. The van der Waals surface area contributed by atoms with Crippen LogP contribution in [0.2, 0.25) is 0 Å². The van der Waals surface area contributed by atoms with E-state index in [9.17, 15) is 14.9 Å². The SMILES string of the molecule is Cc1cc(C(=O)N(C)CCC(N)C(C)C)cc([N+](=O)[O-])c1.Cl. The molecule has 0 saturated heterocycles. The molecular formula is C15H24ClN3O3. The molecule has 7 heteroatoms. The first-order valence-corrected chi connectivity index (χ1v) is 6.99. The topological polar surface area (TPSA) is 89.5 Å². The Kier molecular flexibility index (Phi) is 8.05. The number of hydrogen-bond donors (Lipinski definition) is 1. The van der Waals surface area contributed by atoms with Gasteiger partial charge in [0, 0.05) is 37.3 Å². The molecule has 0 fully saturated rings. The molecule has 0 spiro atoms. The van der Waals surface area contributed by atoms with E-state index in [2.05, 4.69) is 0 Å². The average Bonchev–Trinajstić information content (AvgIpc) is 2.42. The normalized spacial score (nSPS) is 11.7. The largest absolute Gasteiger partial charge is 0.342 e. The summed E-state index contributed by atoms with van der Waals surface area (Å²) in [4.78, 5) is 24.2. The summed E-state index contributed by atoms with van der Waals surface area (Å²) in [6.45, 7) is 6.34. The molecule has 0 saturated carbocycles. The fraction of sp³-hybridized carbons (Fsp3) is 0.533. The van der Waals surface area contributed by atoms with Crippen LogP contribution in [-0.2, 0) is 0 Å². The van der Waals surface area contributed by atoms with Crippen molar-refractivity contribution < 1.29 is 9.72 Å². The van der Waals surface area contributed by atoms with Gasteiger partial charge in [-0.1, -0.05) is 13.8 Å². The van der Waals surface area contributed by atoms with E-state index >= 15 is 0 Å². The van der Waals surface area contributed by atoms with Gasteiger partial charge in [0.1, 0.15) is 0 Å². The number of carbonyl (C=O) groups is 1. The molecule has 0 aromatic heterocycles. The van der Waals surface area contributed by atoms with Crippen molar-refractivity contribution in [3.63, 3.8) is 0 Å². The quantitative estimate of drug-likeness (QED) is 0.642. The molecule has 2 N–H and O–H groups in total. The van der Waals surface area contributed by atoms with Crippen LogP contribution in [0.3, 0.4) is 0 Å². The number of nitrogens with zero attached hydrogens (tertiary/aromatic N) is 2. The van der Waals surface area contributed by atoms with Crippen LogP contribution in [0.1, 0.15) is 36.2 Å². The van der Waals surface area contributed by atoms with E-state index in [0.29, 0.717) is 30.0 Å². The molecule has 1 aromatic carbocycles. The van der Waals surface area contributed by atoms with Gasteiger partial charge >= 0.3 is 0 Å². The van der Waals surface area contributed by atoms with Gasteiger partial charge in [-0.3, -0.25) is 14.9 Å². The number of aryl methyl sites for hydroxylation is 1. The molecular weight excluding hydrogens is 306 g/mol. The summed E-state index contributed by atoms with van der Waals surface area (Å²) < 4.78 is 0. The number of carbonyl (C=O) groups excluding carboxylic acids is 1. The molecule has 0 radical (unpaired) electrons. The van der Waals surface area contributed by atoms with Crippen LogP contribution < -0.4 is 5.73 Å². The summed E-state index contributed by atoms with van der Waals surface area (Å²) in [5.41, 5.74) is 6.93. The van der Waals surface area contributed by atoms with Gasteiger partial charge in [-0.05, 0) is 30.9 Å². The number of benzene rings is 1. The molecule has 1 atom stereocenters. The zero-order valence-electron chi connectivity index (χ0n) is 13.4. The van der Waals surface area contributed by atoms with Crippen molar-refractivity contribution in [1.82, 2.24) is 4.90 Å². The fourth-order valence-corrected chi connectivity index (χ4v) is 1.99. The number of nitro benzene ring substituents is 1. The van der Waals surface area contributed by atoms with Crippen LogP contribution in [0, 0.1) is 23.0 Å². The average molecular weight is 330 g/mol. The number of halogens is 1. The molecule has 0 heterocycles. The smallest absolute Gasteiger partial charge is 0.270 e. The van der Waals surface area contributed by atoms with Crippen molar-refractivity contribution in [3.05, 3.63) is 39.4 Å². The van der Waals surface area contributed by atoms with Crippen molar-refractivity contribution in [2.45, 2.75) is 33.2 Å². The number of non-ortho nitro benzene ring substituents is 1. The lowest BCUT2D eigenvalue weighted by Gasteiger charge is -2.21. The minimum atomic E-state index is -0.488. The molecule has 0 bridgehead atoms. The lowest BCUT2D eigenvalue weighted by atomic mass is 10.0. The van der Waals surface area contributed by atoms with Gasteiger partial charge in [0.15, 0.2) is 0 Å². The van der Waals surface area contributed by atoms with Crippen LogP contribution in [-0.4, -0.2) is 35.4 Å². The van der Waals surface area contributed by atoms with Crippen molar-refractivity contribution >= 4 is 24.0 Å². The second-order valence-electron chi connectivity index (χ2n) is 5.74. The fourth-order valence-electron chi connectivity index (χ4n) is 1.99. The first kappa shape index (κ1) is 20.3. The Labute approximate surface area is 137 Å². The van der Waals surface area contributed by atoms with Crippen molar-refractivity contribution in [3.8, 4) is 0 Å². The minimum absolute atomic E-state index is 0. The lowest BCUT2D eigenvalue weighted by Crippen LogP contribution is -2.34. The Bertz CT molecular complexity index is 535. The highest BCUT2D eigenvalue weighted by Gasteiger charge is 2.17. The third kappa shape index (κ3) is 5.61. The van der Waals surface area contributed by atoms with Crippen LogP contribution in [0.4, 0.5) is 5.69 Å². The van der Waals surface area contributed by atoms with Crippen LogP contribution in [0.25, 0.3) is 0 Å². The van der Waals surface area contributed by atoms with Crippen molar-refractivity contribution in [2.75, 3.05) is 13.6 Å². The standard InChI is InChI=1S/C15H23N3O3.ClH/c1-10(2)14(16)5-6-17(4)15(19)12-7-11(3)8-13(9-12)18(20)21;/h7-10,14H,5-6,16H2,1-4H3;1H. The Hall–Kier alpha value is -1.66. The maximum absolute atomic E-state index is 12.3. The van der Waals surface area contributed by atoms with Gasteiger partial charge < -0.3 is 10.6 Å². The van der Waals surface area contributed by atoms with Crippen LogP contribution in [0.15, 0.2) is 18.2 Å². The maximum atomic E-state index is 12.3. The maximum Gasteiger partial charge on any atom is 0.270 e. The molecule has 0 aliphatic rings. The van der Waals surface area contributed by atoms with Gasteiger partial charge in [0.25, 0.3) is 11.6 Å². The van der Waals surface area contributed by atoms with E-state index < -0.39 is 4.92 Å². The van der Waals surface area contributed by atoms with Crippen LogP contribution >= 0.6 is 12.4 Å². The Morgan fingerprint density at radius 3 is 2.45 bits per heavy atom. The van der Waals surface area contributed by atoms with E-state index in [1.807, 2.05) is 13.8 Å². The molecule has 124 valence electrons. The number of rotatable bonds is 6. The van der Waals surface area contributed by atoms with Gasteiger partial charge in [-0.15, -0.1) is 12.4 Å². The van der Waals surface area contributed by atoms with E-state index in [4.69, 9.17) is 5.73 Å². The Balaban J connectivity index is 0.00000441. The first-order valence-electron chi connectivity index (χ1n) is 6.99. The highest BCUT2D eigenvalue weighted by molar-refractivity contribution is 5.94. The summed E-state index contributed by atoms with van der Waals surface area (Å²) in [5.74, 6) is 0.131. The lowest BCUT2D eigenvalue weighted by molar-refractivity contribution is -0.384. The third-order valence-corrected chi connectivity index (χ3v) is 3.52. The molecule has 0 aliphatic carbocycles. The summed E-state index contributed by atoms with van der Waals surface area (Å²) in [5, 5.41) is 10.9. The van der Waals surface area contributed by atoms with E-state index in [1.165, 1.54) is 12.1 Å². The van der Waals surface area contributed by atoms with E-state index in [0.717, 1.165) is 0 Å². The summed E-state index contributed by atoms with van der Waals surface area (Å²) >= 11 is 0. The molecule has 1 rings (SSSR count). The van der Waals surface area contributed by atoms with Crippen molar-refractivity contribution in [2.24, 2.45) is 11.7 Å². The molecule has 6 nitrogen and oxygen atoms in total. The Morgan fingerprint density at radius 2 is 1.95 bits per heavy atom. The zero-order valence-corrected chi connectivity index (χ0v) is 14.2. The monoisotopic (exact) mass is 329 g/mol. The molecule has 0 aliphatic heterocycles. The Morgan fingerprint density at radius 1 is 1.36 bits per heavy atom. The predicted octanol–water partition coefficient (Wildman–Crippen LogP) is 2.77. The van der Waals surface area contributed by atoms with Gasteiger partial charge in [-0.2, -0.15) is 0 Å². The molecule has 1 amide bonds. The van der Waals surface area contributed by atoms with Crippen molar-refractivity contribution in [1.29, 1.82) is 0 Å². The summed E-state index contributed by atoms with van der Waals surface area (Å²) in [6, 6.07) is 4.46. The first-order chi connectivity index (χ1) is 9.72. The highest BCUT2D eigenvalue weighted by Crippen LogP contribution is 2.18. The second kappa shape index (κ2) is 8.70. The molecule has 1 unspecified atom stereocenters. The van der Waals surface area contributed by atoms with Crippen LogP contribution in [0.5, 0.6) is 0 Å². The molecule has 1 aromatic rings. The number of hydrogen-bond acceptors (Lipinski definition) is 4. The highest BCUT2D eigenvalue weighted by atomic mass is 35.5. The zero-order chi connectivity index (χ0) is 16.2. The number of amides is 1. The number of nitrogens with two attached hydrogens (primary N) is 1. The van der Waals surface area contributed by atoms with E-state index in [-0.39, 0.29) is 30.0 Å². The van der Waals surface area contributed by atoms with Gasteiger partial charge in [-0.25, -0.2) is 0 Å². The predicted molar refractivity (Wildman–Crippen MR) is 89.5 cm³/mol. The third-order valence-electron chi connectivity index (χ3n) is 3.52. The van der Waals surface area contributed by atoms with E-state index in [1.54, 1.807) is 24.9 Å². The summed E-state index contributed by atoms with van der Waals surface area (Å²) in [7, 11) is 1.68. The minimum Gasteiger partial charge on any atom is -0.342 e. The molecule has 22 heavy (non-hydrogen) atoms. The summed E-state index contributed by atoms with van der Waals surface area (Å²) in [6.07, 6.45) is 0.702. The van der Waals surface area contributed by atoms with Gasteiger partial charge in [0.2, 0.25) is 0 Å². The number of nitro groups is 1. The van der Waals surface area contributed by atoms with Gasteiger partial charge in [0.05, 0.1) is 4.92 Å².